The van der Waals surface area contributed by atoms with E-state index in [1.807, 2.05) is 30.3 Å². The summed E-state index contributed by atoms with van der Waals surface area (Å²) in [6.07, 6.45) is 2.02. The number of nitriles is 1. The summed E-state index contributed by atoms with van der Waals surface area (Å²) >= 11 is 0. The van der Waals surface area contributed by atoms with E-state index in [9.17, 15) is 0 Å². The van der Waals surface area contributed by atoms with Crippen molar-refractivity contribution in [1.29, 1.82) is 5.26 Å². The van der Waals surface area contributed by atoms with E-state index in [4.69, 9.17) is 10.00 Å². The standard InChI is InChI=1S/C11H11NO/c12-8-9-6-11(7-9)13-10-4-2-1-3-5-10/h1-5,9,11H,6-7H2. The number of benzene rings is 1. The second-order valence-corrected chi connectivity index (χ2v) is 3.35. The Bertz CT molecular complexity index is 309. The van der Waals surface area contributed by atoms with Crippen LogP contribution in [0.1, 0.15) is 12.8 Å². The first kappa shape index (κ1) is 8.12. The summed E-state index contributed by atoms with van der Waals surface area (Å²) in [4.78, 5) is 0. The molecule has 0 bridgehead atoms. The highest BCUT2D eigenvalue weighted by molar-refractivity contribution is 5.21. The van der Waals surface area contributed by atoms with Gasteiger partial charge in [-0.3, -0.25) is 0 Å². The minimum atomic E-state index is 0.216. The monoisotopic (exact) mass is 173 g/mol. The fraction of sp³-hybridized carbons (Fsp3) is 0.364. The number of ether oxygens (including phenoxy) is 1. The summed E-state index contributed by atoms with van der Waals surface area (Å²) in [6.45, 7) is 0. The van der Waals surface area contributed by atoms with Crippen LogP contribution in [0.25, 0.3) is 0 Å². The molecule has 0 heterocycles. The van der Waals surface area contributed by atoms with E-state index < -0.39 is 0 Å². The van der Waals surface area contributed by atoms with Gasteiger partial charge in [0, 0.05) is 12.8 Å². The molecule has 2 heteroatoms. The average molecular weight is 173 g/mol. The molecular weight excluding hydrogens is 162 g/mol. The van der Waals surface area contributed by atoms with Gasteiger partial charge in [0.05, 0.1) is 12.0 Å². The van der Waals surface area contributed by atoms with E-state index in [0.29, 0.717) is 0 Å². The predicted molar refractivity (Wildman–Crippen MR) is 49.2 cm³/mol. The Labute approximate surface area is 77.8 Å². The molecule has 0 saturated heterocycles. The van der Waals surface area contributed by atoms with Gasteiger partial charge in [0.15, 0.2) is 0 Å². The summed E-state index contributed by atoms with van der Waals surface area (Å²) in [5, 5.41) is 8.56. The molecule has 0 aromatic heterocycles. The molecule has 0 unspecified atom stereocenters. The molecule has 0 aliphatic heterocycles. The van der Waals surface area contributed by atoms with Crippen molar-refractivity contribution in [3.63, 3.8) is 0 Å². The van der Waals surface area contributed by atoms with Crippen LogP contribution in [0.5, 0.6) is 5.75 Å². The van der Waals surface area contributed by atoms with Gasteiger partial charge in [-0.25, -0.2) is 0 Å². The molecule has 1 aromatic carbocycles. The molecule has 0 N–H and O–H groups in total. The number of para-hydroxylation sites is 1. The van der Waals surface area contributed by atoms with Crippen molar-refractivity contribution < 1.29 is 4.74 Å². The Morgan fingerprint density at radius 1 is 1.23 bits per heavy atom. The first-order valence-corrected chi connectivity index (χ1v) is 4.50. The molecule has 2 rings (SSSR count). The van der Waals surface area contributed by atoms with Crippen LogP contribution in [0.15, 0.2) is 30.3 Å². The van der Waals surface area contributed by atoms with Crippen LogP contribution in [0, 0.1) is 17.2 Å². The van der Waals surface area contributed by atoms with Crippen LogP contribution in [0.3, 0.4) is 0 Å². The van der Waals surface area contributed by atoms with Gasteiger partial charge in [-0.1, -0.05) is 18.2 Å². The van der Waals surface area contributed by atoms with E-state index >= 15 is 0 Å². The van der Waals surface area contributed by atoms with Gasteiger partial charge in [-0.15, -0.1) is 0 Å². The summed E-state index contributed by atoms with van der Waals surface area (Å²) < 4.78 is 5.63. The van der Waals surface area contributed by atoms with Gasteiger partial charge in [-0.05, 0) is 12.1 Å². The van der Waals surface area contributed by atoms with Crippen LogP contribution < -0.4 is 4.74 Å². The maximum Gasteiger partial charge on any atom is 0.119 e. The van der Waals surface area contributed by atoms with E-state index in [2.05, 4.69) is 6.07 Å². The Hall–Kier alpha value is -1.49. The predicted octanol–water partition coefficient (Wildman–Crippen LogP) is 2.37. The van der Waals surface area contributed by atoms with Crippen molar-refractivity contribution in [2.45, 2.75) is 18.9 Å². The number of hydrogen-bond donors (Lipinski definition) is 0. The molecule has 13 heavy (non-hydrogen) atoms. The highest BCUT2D eigenvalue weighted by Gasteiger charge is 2.30. The maximum atomic E-state index is 8.56. The smallest absolute Gasteiger partial charge is 0.119 e. The van der Waals surface area contributed by atoms with Gasteiger partial charge < -0.3 is 4.74 Å². The molecule has 1 aliphatic rings. The number of nitrogens with zero attached hydrogens (tertiary/aromatic N) is 1. The van der Waals surface area contributed by atoms with Gasteiger partial charge in [0.1, 0.15) is 11.9 Å². The van der Waals surface area contributed by atoms with Crippen LogP contribution >= 0.6 is 0 Å². The Morgan fingerprint density at radius 2 is 1.92 bits per heavy atom. The van der Waals surface area contributed by atoms with Gasteiger partial charge in [-0.2, -0.15) is 5.26 Å². The first-order chi connectivity index (χ1) is 6.38. The Kier molecular flexibility index (Phi) is 2.18. The SMILES string of the molecule is N#CC1CC(Oc2ccccc2)C1. The van der Waals surface area contributed by atoms with Crippen molar-refractivity contribution in [2.75, 3.05) is 0 Å². The van der Waals surface area contributed by atoms with Gasteiger partial charge in [0.25, 0.3) is 0 Å². The molecule has 0 spiro atoms. The molecule has 1 aliphatic carbocycles. The van der Waals surface area contributed by atoms with Crippen molar-refractivity contribution >= 4 is 0 Å². The summed E-state index contributed by atoms with van der Waals surface area (Å²) in [5.74, 6) is 1.12. The second-order valence-electron chi connectivity index (χ2n) is 3.35. The molecule has 1 fully saturated rings. The maximum absolute atomic E-state index is 8.56. The number of hydrogen-bond acceptors (Lipinski definition) is 2. The van der Waals surface area contributed by atoms with E-state index in [1.54, 1.807) is 0 Å². The zero-order valence-electron chi connectivity index (χ0n) is 7.31. The minimum absolute atomic E-state index is 0.216. The summed E-state index contributed by atoms with van der Waals surface area (Å²) in [6, 6.07) is 12.0. The lowest BCUT2D eigenvalue weighted by Gasteiger charge is -2.30. The molecular formula is C11H11NO. The van der Waals surface area contributed by atoms with Gasteiger partial charge in [0.2, 0.25) is 0 Å². The zero-order valence-corrected chi connectivity index (χ0v) is 7.31. The van der Waals surface area contributed by atoms with Crippen molar-refractivity contribution in [2.24, 2.45) is 5.92 Å². The third-order valence-corrected chi connectivity index (χ3v) is 2.32. The van der Waals surface area contributed by atoms with E-state index in [1.165, 1.54) is 0 Å². The molecule has 0 atom stereocenters. The molecule has 0 amide bonds. The molecule has 66 valence electrons. The lowest BCUT2D eigenvalue weighted by atomic mass is 9.83. The Balaban J connectivity index is 1.85. The van der Waals surface area contributed by atoms with Crippen molar-refractivity contribution in [3.05, 3.63) is 30.3 Å². The summed E-state index contributed by atoms with van der Waals surface area (Å²) in [5.41, 5.74) is 0. The van der Waals surface area contributed by atoms with Gasteiger partial charge >= 0.3 is 0 Å². The largest absolute Gasteiger partial charge is 0.490 e. The quantitative estimate of drug-likeness (QED) is 0.687. The van der Waals surface area contributed by atoms with E-state index in [-0.39, 0.29) is 12.0 Å². The fourth-order valence-corrected chi connectivity index (χ4v) is 1.46. The number of rotatable bonds is 2. The van der Waals surface area contributed by atoms with Crippen LogP contribution in [0.4, 0.5) is 0 Å². The molecule has 0 radical (unpaired) electrons. The molecule has 1 aromatic rings. The van der Waals surface area contributed by atoms with Crippen LogP contribution in [-0.2, 0) is 0 Å². The minimum Gasteiger partial charge on any atom is -0.490 e. The van der Waals surface area contributed by atoms with Crippen LogP contribution in [-0.4, -0.2) is 6.10 Å². The summed E-state index contributed by atoms with van der Waals surface area (Å²) in [7, 11) is 0. The topological polar surface area (TPSA) is 33.0 Å². The molecule has 2 nitrogen and oxygen atoms in total. The van der Waals surface area contributed by atoms with Crippen molar-refractivity contribution in [3.8, 4) is 11.8 Å². The average Bonchev–Trinajstić information content (AvgIpc) is 2.12. The lowest BCUT2D eigenvalue weighted by molar-refractivity contribution is 0.0893. The van der Waals surface area contributed by atoms with Crippen LogP contribution in [0.2, 0.25) is 0 Å². The van der Waals surface area contributed by atoms with Crippen molar-refractivity contribution in [1.82, 2.24) is 0 Å². The third kappa shape index (κ3) is 1.81. The highest BCUT2D eigenvalue weighted by Crippen LogP contribution is 2.30. The Morgan fingerprint density at radius 3 is 2.54 bits per heavy atom. The zero-order chi connectivity index (χ0) is 9.10. The van der Waals surface area contributed by atoms with E-state index in [0.717, 1.165) is 18.6 Å². The fourth-order valence-electron chi connectivity index (χ4n) is 1.46. The second kappa shape index (κ2) is 3.49. The first-order valence-electron chi connectivity index (χ1n) is 4.50. The highest BCUT2D eigenvalue weighted by atomic mass is 16.5. The third-order valence-electron chi connectivity index (χ3n) is 2.32. The normalized spacial score (nSPS) is 25.8. The molecule has 1 saturated carbocycles. The lowest BCUT2D eigenvalue weighted by Crippen LogP contribution is -2.32.